The molecule has 0 saturated heterocycles. The number of carbonyl (C=O) groups excluding carboxylic acids is 5. The van der Waals surface area contributed by atoms with E-state index >= 15 is 0 Å². The van der Waals surface area contributed by atoms with E-state index in [9.17, 15) is 33.9 Å². The van der Waals surface area contributed by atoms with E-state index in [1.54, 1.807) is 60.7 Å². The number of primary amides is 2. The molecule has 0 bridgehead atoms. The maximum atomic E-state index is 13.4. The molecule has 0 aliphatic rings. The molecule has 5 amide bonds. The van der Waals surface area contributed by atoms with E-state index < -0.39 is 72.5 Å². The highest BCUT2D eigenvalue weighted by atomic mass is 16.4. The third kappa shape index (κ3) is 10.6. The van der Waals surface area contributed by atoms with E-state index in [4.69, 9.17) is 17.2 Å². The summed E-state index contributed by atoms with van der Waals surface area (Å²) in [7, 11) is 0. The van der Waals surface area contributed by atoms with Gasteiger partial charge in [-0.15, -0.1) is 0 Å². The lowest BCUT2D eigenvalue weighted by molar-refractivity contribution is -0.143. The van der Waals surface area contributed by atoms with Crippen molar-refractivity contribution in [2.24, 2.45) is 17.2 Å². The first-order chi connectivity index (χ1) is 18.5. The molecule has 10 N–H and O–H groups in total. The Kier molecular flexibility index (Phi) is 11.6. The molecule has 4 atom stereocenters. The van der Waals surface area contributed by atoms with Crippen LogP contribution < -0.4 is 33.2 Å². The van der Waals surface area contributed by atoms with E-state index in [1.165, 1.54) is 0 Å². The van der Waals surface area contributed by atoms with Gasteiger partial charge in [0.15, 0.2) is 0 Å². The van der Waals surface area contributed by atoms with Crippen LogP contribution in [0.25, 0.3) is 0 Å². The van der Waals surface area contributed by atoms with Crippen molar-refractivity contribution in [3.63, 3.8) is 0 Å². The van der Waals surface area contributed by atoms with Gasteiger partial charge in [-0.2, -0.15) is 0 Å². The minimum Gasteiger partial charge on any atom is -0.480 e. The van der Waals surface area contributed by atoms with Gasteiger partial charge in [-0.05, 0) is 11.1 Å². The van der Waals surface area contributed by atoms with Crippen molar-refractivity contribution in [1.82, 2.24) is 16.0 Å². The fourth-order valence-corrected chi connectivity index (χ4v) is 3.65. The van der Waals surface area contributed by atoms with Gasteiger partial charge in [0.2, 0.25) is 29.5 Å². The highest BCUT2D eigenvalue weighted by molar-refractivity contribution is 5.95. The number of carboxylic acid groups (broad SMARTS) is 1. The van der Waals surface area contributed by atoms with Gasteiger partial charge in [0.05, 0.1) is 18.9 Å². The lowest BCUT2D eigenvalue weighted by Gasteiger charge is -2.25. The predicted molar refractivity (Wildman–Crippen MR) is 139 cm³/mol. The number of nitrogens with one attached hydrogen (secondary N) is 3. The molecule has 0 spiro atoms. The van der Waals surface area contributed by atoms with Crippen molar-refractivity contribution in [2.75, 3.05) is 0 Å². The molecule has 2 aromatic carbocycles. The van der Waals surface area contributed by atoms with Gasteiger partial charge in [0.1, 0.15) is 18.1 Å². The summed E-state index contributed by atoms with van der Waals surface area (Å²) < 4.78 is 0. The summed E-state index contributed by atoms with van der Waals surface area (Å²) >= 11 is 0. The summed E-state index contributed by atoms with van der Waals surface area (Å²) in [5.74, 6) is -5.67. The van der Waals surface area contributed by atoms with Crippen LogP contribution in [0.1, 0.15) is 24.0 Å². The molecule has 2 rings (SSSR count). The minimum absolute atomic E-state index is 0.0147. The van der Waals surface area contributed by atoms with Crippen molar-refractivity contribution in [1.29, 1.82) is 0 Å². The first-order valence-corrected chi connectivity index (χ1v) is 12.0. The number of aliphatic carboxylic acids is 1. The average Bonchev–Trinajstić information content (AvgIpc) is 2.87. The third-order valence-corrected chi connectivity index (χ3v) is 5.61. The number of carboxylic acids is 1. The molecule has 13 nitrogen and oxygen atoms in total. The Morgan fingerprint density at radius 1 is 0.615 bits per heavy atom. The third-order valence-electron chi connectivity index (χ3n) is 5.61. The van der Waals surface area contributed by atoms with Gasteiger partial charge in [-0.3, -0.25) is 24.0 Å². The fourth-order valence-electron chi connectivity index (χ4n) is 3.65. The van der Waals surface area contributed by atoms with Gasteiger partial charge in [-0.1, -0.05) is 60.7 Å². The summed E-state index contributed by atoms with van der Waals surface area (Å²) in [6.45, 7) is 0. The van der Waals surface area contributed by atoms with Crippen LogP contribution in [-0.2, 0) is 41.6 Å². The molecule has 0 aromatic heterocycles. The first kappa shape index (κ1) is 30.4. The van der Waals surface area contributed by atoms with E-state index in [0.717, 1.165) is 0 Å². The maximum Gasteiger partial charge on any atom is 0.326 e. The number of rotatable bonds is 15. The Labute approximate surface area is 224 Å². The van der Waals surface area contributed by atoms with Crippen molar-refractivity contribution >= 4 is 35.5 Å². The summed E-state index contributed by atoms with van der Waals surface area (Å²) in [6.07, 6.45) is -1.12. The molecule has 0 aliphatic heterocycles. The largest absolute Gasteiger partial charge is 0.480 e. The van der Waals surface area contributed by atoms with Crippen LogP contribution in [0.2, 0.25) is 0 Å². The van der Waals surface area contributed by atoms with Gasteiger partial charge in [0, 0.05) is 12.8 Å². The summed E-state index contributed by atoms with van der Waals surface area (Å²) in [6, 6.07) is 11.9. The van der Waals surface area contributed by atoms with Crippen molar-refractivity contribution < 1.29 is 33.9 Å². The number of benzene rings is 2. The molecular formula is C26H32N6O7. The second-order valence-corrected chi connectivity index (χ2v) is 8.85. The highest BCUT2D eigenvalue weighted by Gasteiger charge is 2.31. The van der Waals surface area contributed by atoms with Crippen LogP contribution in [0, 0.1) is 0 Å². The SMILES string of the molecule is NC(=O)CC(N)C(=O)NC(Cc1ccccc1)C(=O)NC(Cc1ccccc1)C(=O)NC(CC(N)=O)C(=O)O. The van der Waals surface area contributed by atoms with E-state index in [-0.39, 0.29) is 12.8 Å². The second kappa shape index (κ2) is 14.8. The number of hydrogen-bond donors (Lipinski definition) is 7. The fraction of sp³-hybridized carbons (Fsp3) is 0.308. The molecular weight excluding hydrogens is 508 g/mol. The van der Waals surface area contributed by atoms with Crippen molar-refractivity contribution in [3.05, 3.63) is 71.8 Å². The van der Waals surface area contributed by atoms with Gasteiger partial charge >= 0.3 is 5.97 Å². The average molecular weight is 541 g/mol. The van der Waals surface area contributed by atoms with Crippen LogP contribution >= 0.6 is 0 Å². The van der Waals surface area contributed by atoms with Gasteiger partial charge in [-0.25, -0.2) is 4.79 Å². The molecule has 0 saturated carbocycles. The van der Waals surface area contributed by atoms with E-state index in [2.05, 4.69) is 16.0 Å². The monoisotopic (exact) mass is 540 g/mol. The minimum atomic E-state index is -1.61. The lowest BCUT2D eigenvalue weighted by Crippen LogP contribution is -2.58. The molecule has 208 valence electrons. The zero-order chi connectivity index (χ0) is 28.9. The quantitative estimate of drug-likeness (QED) is 0.134. The maximum absolute atomic E-state index is 13.4. The van der Waals surface area contributed by atoms with Crippen LogP contribution in [0.15, 0.2) is 60.7 Å². The number of carbonyl (C=O) groups is 6. The molecule has 0 radical (unpaired) electrons. The summed E-state index contributed by atoms with van der Waals surface area (Å²) in [5.41, 5.74) is 17.3. The summed E-state index contributed by atoms with van der Waals surface area (Å²) in [5, 5.41) is 16.7. The van der Waals surface area contributed by atoms with Crippen LogP contribution in [0.3, 0.4) is 0 Å². The topological polar surface area (TPSA) is 237 Å². The smallest absolute Gasteiger partial charge is 0.326 e. The van der Waals surface area contributed by atoms with Crippen LogP contribution in [0.4, 0.5) is 0 Å². The lowest BCUT2D eigenvalue weighted by atomic mass is 10.0. The predicted octanol–water partition coefficient (Wildman–Crippen LogP) is -1.91. The normalized spacial score (nSPS) is 13.7. The van der Waals surface area contributed by atoms with Gasteiger partial charge < -0.3 is 38.3 Å². The van der Waals surface area contributed by atoms with Crippen LogP contribution in [-0.4, -0.2) is 64.8 Å². The molecule has 4 unspecified atom stereocenters. The number of hydrogen-bond acceptors (Lipinski definition) is 7. The molecule has 0 aliphatic carbocycles. The molecule has 0 heterocycles. The van der Waals surface area contributed by atoms with E-state index in [0.29, 0.717) is 11.1 Å². The van der Waals surface area contributed by atoms with Crippen molar-refractivity contribution in [3.8, 4) is 0 Å². The molecule has 0 fully saturated rings. The Morgan fingerprint density at radius 2 is 1.00 bits per heavy atom. The Bertz CT molecular complexity index is 1180. The zero-order valence-corrected chi connectivity index (χ0v) is 21.0. The zero-order valence-electron chi connectivity index (χ0n) is 21.0. The number of nitrogens with two attached hydrogens (primary N) is 3. The second-order valence-electron chi connectivity index (χ2n) is 8.85. The number of amides is 5. The molecule has 13 heteroatoms. The first-order valence-electron chi connectivity index (χ1n) is 12.0. The standard InChI is InChI=1S/C26H32N6O7/c27-17(13-21(28)33)23(35)30-18(11-15-7-3-1-4-8-15)24(36)31-19(12-16-9-5-2-6-10-16)25(37)32-20(26(38)39)14-22(29)34/h1-10,17-20H,11-14,27H2,(H2,28,33)(H2,29,34)(H,30,35)(H,31,36)(H,32,37)(H,38,39). The van der Waals surface area contributed by atoms with Gasteiger partial charge in [0.25, 0.3) is 0 Å². The Morgan fingerprint density at radius 3 is 1.38 bits per heavy atom. The van der Waals surface area contributed by atoms with E-state index in [1.807, 2.05) is 0 Å². The summed E-state index contributed by atoms with van der Waals surface area (Å²) in [4.78, 5) is 73.1. The Hall–Kier alpha value is -4.78. The highest BCUT2D eigenvalue weighted by Crippen LogP contribution is 2.08. The molecule has 39 heavy (non-hydrogen) atoms. The Balaban J connectivity index is 2.31. The van der Waals surface area contributed by atoms with Crippen molar-refractivity contribution in [2.45, 2.75) is 49.9 Å². The molecule has 2 aromatic rings. The van der Waals surface area contributed by atoms with Crippen LogP contribution in [0.5, 0.6) is 0 Å².